The minimum Gasteiger partial charge on any atom is -0.353 e. The van der Waals surface area contributed by atoms with E-state index in [4.69, 9.17) is 0 Å². The molecule has 0 saturated carbocycles. The van der Waals surface area contributed by atoms with E-state index in [2.05, 4.69) is 45.1 Å². The lowest BCUT2D eigenvalue weighted by Crippen LogP contribution is -2.47. The third kappa shape index (κ3) is 4.28. The molecule has 0 aliphatic carbocycles. The van der Waals surface area contributed by atoms with Gasteiger partial charge in [0.25, 0.3) is 0 Å². The van der Waals surface area contributed by atoms with Crippen LogP contribution in [0.3, 0.4) is 0 Å². The van der Waals surface area contributed by atoms with Crippen molar-refractivity contribution < 1.29 is 4.79 Å². The van der Waals surface area contributed by atoms with Crippen molar-refractivity contribution in [3.63, 3.8) is 0 Å². The number of anilines is 2. The van der Waals surface area contributed by atoms with E-state index >= 15 is 0 Å². The van der Waals surface area contributed by atoms with Crippen LogP contribution in [0, 0.1) is 0 Å². The average Bonchev–Trinajstić information content (AvgIpc) is 3.54. The maximum atomic E-state index is 12.5. The normalized spacial score (nSPS) is 14.0. The number of piperazine rings is 1. The Hall–Kier alpha value is -4.61. The molecule has 12 heteroatoms. The number of fused-ring (bicyclic) bond motifs is 2. The molecule has 1 amide bonds. The molecule has 36 heavy (non-hydrogen) atoms. The molecule has 5 heterocycles. The van der Waals surface area contributed by atoms with Gasteiger partial charge in [-0.05, 0) is 18.2 Å². The molecule has 1 aliphatic rings. The first kappa shape index (κ1) is 21.9. The molecule has 4 aromatic heterocycles. The molecule has 1 N–H and O–H groups in total. The van der Waals surface area contributed by atoms with E-state index in [1.807, 2.05) is 39.6 Å². The molecule has 0 bridgehead atoms. The Labute approximate surface area is 206 Å². The number of carbonyl (C=O) groups is 1. The number of hydrogen-bond donors (Lipinski definition) is 1. The summed E-state index contributed by atoms with van der Waals surface area (Å²) in [6.07, 6.45) is 8.59. The number of aromatic nitrogens is 8. The van der Waals surface area contributed by atoms with E-state index in [1.54, 1.807) is 31.2 Å². The van der Waals surface area contributed by atoms with Gasteiger partial charge in [0.05, 0.1) is 35.5 Å². The number of carbonyl (C=O) groups excluding carboxylic acids is 1. The van der Waals surface area contributed by atoms with E-state index < -0.39 is 0 Å². The predicted octanol–water partition coefficient (Wildman–Crippen LogP) is 1.11. The van der Waals surface area contributed by atoms with Crippen LogP contribution >= 0.6 is 0 Å². The second-order valence-electron chi connectivity index (χ2n) is 8.54. The van der Waals surface area contributed by atoms with Crippen LogP contribution in [0.15, 0.2) is 61.6 Å². The van der Waals surface area contributed by atoms with Gasteiger partial charge in [-0.15, -0.1) is 0 Å². The van der Waals surface area contributed by atoms with Gasteiger partial charge in [-0.2, -0.15) is 5.10 Å². The molecule has 0 radical (unpaired) electrons. The zero-order chi connectivity index (χ0) is 24.3. The third-order valence-corrected chi connectivity index (χ3v) is 6.31. The topological polar surface area (TPSA) is 123 Å². The van der Waals surface area contributed by atoms with E-state index in [-0.39, 0.29) is 12.5 Å². The highest BCUT2D eigenvalue weighted by Gasteiger charge is 2.22. The van der Waals surface area contributed by atoms with E-state index in [0.29, 0.717) is 13.1 Å². The van der Waals surface area contributed by atoms with E-state index in [9.17, 15) is 4.79 Å². The molecule has 5 aromatic rings. The number of hydrogen-bond acceptors (Lipinski definition) is 9. The van der Waals surface area contributed by atoms with Gasteiger partial charge in [-0.1, -0.05) is 12.1 Å². The maximum absolute atomic E-state index is 12.5. The first-order chi connectivity index (χ1) is 17.8. The van der Waals surface area contributed by atoms with Gasteiger partial charge >= 0.3 is 0 Å². The number of para-hydroxylation sites is 2. The number of nitrogens with zero attached hydrogens (tertiary/aromatic N) is 10. The van der Waals surface area contributed by atoms with Crippen molar-refractivity contribution >= 4 is 39.7 Å². The lowest BCUT2D eigenvalue weighted by molar-refractivity contribution is -0.121. The molecule has 1 aliphatic heterocycles. The lowest BCUT2D eigenvalue weighted by atomic mass is 10.3. The number of nitrogens with one attached hydrogen (secondary N) is 1. The van der Waals surface area contributed by atoms with Crippen molar-refractivity contribution in [2.24, 2.45) is 0 Å². The second-order valence-corrected chi connectivity index (χ2v) is 8.54. The molecule has 0 atom stereocenters. The molecule has 6 rings (SSSR count). The minimum absolute atomic E-state index is 0.0785. The second kappa shape index (κ2) is 9.56. The smallest absolute Gasteiger partial charge is 0.240 e. The molecule has 0 unspecified atom stereocenters. The SMILES string of the molecule is O=C(Cn1cnc2ccccc21)NCCn1ncc2c(N3CCN(c4ncccn4)CC3)ncnc21. The molecule has 12 nitrogen and oxygen atoms in total. The summed E-state index contributed by atoms with van der Waals surface area (Å²) in [6.45, 7) is 4.38. The van der Waals surface area contributed by atoms with Gasteiger partial charge < -0.3 is 19.7 Å². The molecule has 0 spiro atoms. The Morgan fingerprint density at radius 2 is 1.72 bits per heavy atom. The Morgan fingerprint density at radius 1 is 0.917 bits per heavy atom. The van der Waals surface area contributed by atoms with E-state index in [0.717, 1.165) is 60.0 Å². The van der Waals surface area contributed by atoms with Gasteiger partial charge in [-0.25, -0.2) is 29.6 Å². The van der Waals surface area contributed by atoms with Crippen LogP contribution in [0.4, 0.5) is 11.8 Å². The summed E-state index contributed by atoms with van der Waals surface area (Å²) >= 11 is 0. The Kier molecular flexibility index (Phi) is 5.82. The van der Waals surface area contributed by atoms with Crippen molar-refractivity contribution in [2.45, 2.75) is 13.1 Å². The highest BCUT2D eigenvalue weighted by atomic mass is 16.1. The molecule has 1 saturated heterocycles. The average molecular weight is 484 g/mol. The Balaban J connectivity index is 1.07. The van der Waals surface area contributed by atoms with Gasteiger partial charge in [0.15, 0.2) is 5.65 Å². The fourth-order valence-electron chi connectivity index (χ4n) is 4.52. The Bertz CT molecular complexity index is 1490. The highest BCUT2D eigenvalue weighted by Crippen LogP contribution is 2.24. The molecule has 1 fully saturated rings. The van der Waals surface area contributed by atoms with Crippen molar-refractivity contribution in [1.29, 1.82) is 0 Å². The largest absolute Gasteiger partial charge is 0.353 e. The van der Waals surface area contributed by atoms with Crippen LogP contribution < -0.4 is 15.1 Å². The summed E-state index contributed by atoms with van der Waals surface area (Å²) in [5.74, 6) is 1.54. The number of benzene rings is 1. The lowest BCUT2D eigenvalue weighted by Gasteiger charge is -2.35. The first-order valence-electron chi connectivity index (χ1n) is 11.9. The number of amides is 1. The van der Waals surface area contributed by atoms with Crippen LogP contribution in [-0.2, 0) is 17.9 Å². The molecular weight excluding hydrogens is 458 g/mol. The molecule has 182 valence electrons. The monoisotopic (exact) mass is 483 g/mol. The van der Waals surface area contributed by atoms with Crippen LogP contribution in [-0.4, -0.2) is 77.9 Å². The highest BCUT2D eigenvalue weighted by molar-refractivity contribution is 5.87. The van der Waals surface area contributed by atoms with E-state index in [1.165, 1.54) is 0 Å². The fraction of sp³-hybridized carbons (Fsp3) is 0.292. The van der Waals surface area contributed by atoms with Crippen LogP contribution in [0.2, 0.25) is 0 Å². The summed E-state index contributed by atoms with van der Waals surface area (Å²) in [7, 11) is 0. The third-order valence-electron chi connectivity index (χ3n) is 6.31. The summed E-state index contributed by atoms with van der Waals surface area (Å²) in [5, 5.41) is 8.39. The molecule has 1 aromatic carbocycles. The van der Waals surface area contributed by atoms with Gasteiger partial charge in [-0.3, -0.25) is 4.79 Å². The fourth-order valence-corrected chi connectivity index (χ4v) is 4.52. The minimum atomic E-state index is -0.0785. The maximum Gasteiger partial charge on any atom is 0.240 e. The van der Waals surface area contributed by atoms with Crippen molar-refractivity contribution in [1.82, 2.24) is 44.6 Å². The predicted molar refractivity (Wildman–Crippen MR) is 135 cm³/mol. The van der Waals surface area contributed by atoms with Crippen LogP contribution in [0.1, 0.15) is 0 Å². The number of rotatable bonds is 7. The van der Waals surface area contributed by atoms with Gasteiger partial charge in [0, 0.05) is 45.1 Å². The molecular formula is C24H25N11O. The zero-order valence-electron chi connectivity index (χ0n) is 19.6. The van der Waals surface area contributed by atoms with Gasteiger partial charge in [0.2, 0.25) is 11.9 Å². The summed E-state index contributed by atoms with van der Waals surface area (Å²) in [4.78, 5) is 39.0. The van der Waals surface area contributed by atoms with Gasteiger partial charge in [0.1, 0.15) is 18.7 Å². The van der Waals surface area contributed by atoms with Crippen molar-refractivity contribution in [2.75, 3.05) is 42.5 Å². The quantitative estimate of drug-likeness (QED) is 0.363. The van der Waals surface area contributed by atoms with Crippen molar-refractivity contribution in [3.8, 4) is 0 Å². The zero-order valence-corrected chi connectivity index (χ0v) is 19.6. The summed E-state index contributed by atoms with van der Waals surface area (Å²) in [6, 6.07) is 9.58. The van der Waals surface area contributed by atoms with Crippen molar-refractivity contribution in [3.05, 3.63) is 61.6 Å². The number of imidazole rings is 1. The summed E-state index contributed by atoms with van der Waals surface area (Å²) in [5.41, 5.74) is 2.56. The standard InChI is InChI=1S/C24H25N11O/c36-21(15-34-17-30-19-4-1-2-5-20(19)34)25-8-9-35-23-18(14-31-35)22(28-16-29-23)32-10-12-33(13-11-32)24-26-6-3-7-27-24/h1-7,14,16-17H,8-13,15H2,(H,25,36). The van der Waals surface area contributed by atoms with Crippen LogP contribution in [0.5, 0.6) is 0 Å². The summed E-state index contributed by atoms with van der Waals surface area (Å²) < 4.78 is 3.65. The van der Waals surface area contributed by atoms with Crippen LogP contribution in [0.25, 0.3) is 22.1 Å². The first-order valence-corrected chi connectivity index (χ1v) is 11.9. The Morgan fingerprint density at radius 3 is 2.58 bits per heavy atom.